The third-order valence-corrected chi connectivity index (χ3v) is 7.36. The zero-order valence-electron chi connectivity index (χ0n) is 23.1. The molecule has 0 atom stereocenters. The maximum absolute atomic E-state index is 12.4. The Labute approximate surface area is 255 Å². The van der Waals surface area contributed by atoms with Crippen LogP contribution in [-0.2, 0) is 22.5 Å². The fourth-order valence-electron chi connectivity index (χ4n) is 4.19. The van der Waals surface area contributed by atoms with E-state index < -0.39 is 17.1 Å². The summed E-state index contributed by atoms with van der Waals surface area (Å²) in [7, 11) is 0. The van der Waals surface area contributed by atoms with Crippen molar-refractivity contribution in [1.29, 1.82) is 0 Å². The number of carbonyl (C=O) groups excluding carboxylic acids is 1. The highest BCUT2D eigenvalue weighted by molar-refractivity contribution is 7.99. The number of halogens is 1. The summed E-state index contributed by atoms with van der Waals surface area (Å²) < 4.78 is 6.80. The summed E-state index contributed by atoms with van der Waals surface area (Å²) in [4.78, 5) is 43.7. The van der Waals surface area contributed by atoms with Gasteiger partial charge >= 0.3 is 12.1 Å². The third-order valence-electron chi connectivity index (χ3n) is 6.19. The van der Waals surface area contributed by atoms with Crippen LogP contribution in [0.15, 0.2) is 48.5 Å². The number of imidazole rings is 1. The predicted octanol–water partition coefficient (Wildman–Crippen LogP) is 4.87. The molecule has 2 heterocycles. The van der Waals surface area contributed by atoms with Crippen LogP contribution < -0.4 is 0 Å². The van der Waals surface area contributed by atoms with E-state index in [1.54, 1.807) is 4.57 Å². The Morgan fingerprint density at radius 1 is 1.09 bits per heavy atom. The number of tetrazole rings is 1. The molecule has 4 aromatic rings. The highest BCUT2D eigenvalue weighted by atomic mass is 35.5. The van der Waals surface area contributed by atoms with Crippen LogP contribution in [0.5, 0.6) is 0 Å². The molecule has 0 amide bonds. The number of rotatable bonds is 15. The summed E-state index contributed by atoms with van der Waals surface area (Å²) in [6.45, 7) is 2.36. The van der Waals surface area contributed by atoms with E-state index >= 15 is 0 Å². The normalized spacial score (nSPS) is 10.9. The van der Waals surface area contributed by atoms with E-state index in [2.05, 4.69) is 32.2 Å². The van der Waals surface area contributed by atoms with Crippen LogP contribution in [0.3, 0.4) is 0 Å². The van der Waals surface area contributed by atoms with Gasteiger partial charge in [-0.2, -0.15) is 11.8 Å². The highest BCUT2D eigenvalue weighted by Crippen LogP contribution is 2.30. The summed E-state index contributed by atoms with van der Waals surface area (Å²) in [6, 6.07) is 15.0. The maximum Gasteiger partial charge on any atom is 0.453 e. The Balaban J connectivity index is 1.44. The predicted molar refractivity (Wildman–Crippen MR) is 158 cm³/mol. The monoisotopic (exact) mass is 629 g/mol. The van der Waals surface area contributed by atoms with Gasteiger partial charge in [0.1, 0.15) is 19.0 Å². The summed E-state index contributed by atoms with van der Waals surface area (Å²) in [5.74, 6) is 0.520. The number of hydrogen-bond donors (Lipinski definition) is 1. The number of nitrogens with zero attached hydrogens (tertiary/aromatic N) is 7. The molecule has 0 aliphatic carbocycles. The van der Waals surface area contributed by atoms with Gasteiger partial charge in [-0.25, -0.2) is 14.6 Å². The summed E-state index contributed by atoms with van der Waals surface area (Å²) >= 11 is 7.50. The summed E-state index contributed by atoms with van der Waals surface area (Å²) in [6.07, 6.45) is 1.62. The summed E-state index contributed by atoms with van der Waals surface area (Å²) in [5.41, 5.74) is 3.13. The molecule has 0 spiro atoms. The fraction of sp³-hybridized carbons (Fsp3) is 0.333. The number of benzene rings is 2. The SMILES string of the molecule is CCCCc1nc(Cl)c(C(=O)O)n1Cc1ccc(-c2ccccc2-c2nnn(C(=O)OCCSCCO[N+](=O)[O-])n2)cc1. The molecule has 0 saturated heterocycles. The highest BCUT2D eigenvalue weighted by Gasteiger charge is 2.22. The van der Waals surface area contributed by atoms with Gasteiger partial charge < -0.3 is 19.2 Å². The van der Waals surface area contributed by atoms with Crippen molar-refractivity contribution in [2.45, 2.75) is 32.7 Å². The van der Waals surface area contributed by atoms with Crippen molar-refractivity contribution < 1.29 is 29.4 Å². The Morgan fingerprint density at radius 3 is 2.51 bits per heavy atom. The van der Waals surface area contributed by atoms with Gasteiger partial charge in [0.25, 0.3) is 5.09 Å². The number of unbranched alkanes of at least 4 members (excludes halogenated alkanes) is 1. The van der Waals surface area contributed by atoms with Gasteiger partial charge in [0.2, 0.25) is 5.82 Å². The number of carboxylic acids is 1. The molecule has 0 aliphatic rings. The number of carboxylic acid groups (broad SMARTS) is 1. The first-order valence-electron chi connectivity index (χ1n) is 13.3. The third kappa shape index (κ3) is 8.29. The largest absolute Gasteiger partial charge is 0.476 e. The molecule has 4 rings (SSSR count). The first-order valence-corrected chi connectivity index (χ1v) is 14.8. The average Bonchev–Trinajstić information content (AvgIpc) is 3.60. The average molecular weight is 630 g/mol. The first-order chi connectivity index (χ1) is 20.8. The molecule has 43 heavy (non-hydrogen) atoms. The van der Waals surface area contributed by atoms with E-state index in [9.17, 15) is 24.8 Å². The van der Waals surface area contributed by atoms with E-state index in [1.165, 1.54) is 11.8 Å². The van der Waals surface area contributed by atoms with Crippen LogP contribution >= 0.6 is 23.4 Å². The van der Waals surface area contributed by atoms with Crippen LogP contribution in [-0.4, -0.2) is 76.7 Å². The number of ether oxygens (including phenoxy) is 1. The number of aromatic carboxylic acids is 1. The van der Waals surface area contributed by atoms with Crippen molar-refractivity contribution in [3.8, 4) is 22.5 Å². The molecule has 16 heteroatoms. The second-order valence-corrected chi connectivity index (χ2v) is 10.7. The molecule has 0 fully saturated rings. The van der Waals surface area contributed by atoms with E-state index in [1.807, 2.05) is 48.5 Å². The number of carbonyl (C=O) groups is 2. The molecular weight excluding hydrogens is 602 g/mol. The molecule has 2 aromatic heterocycles. The lowest BCUT2D eigenvalue weighted by atomic mass is 9.98. The second kappa shape index (κ2) is 15.1. The molecule has 2 aromatic carbocycles. The molecule has 0 aliphatic heterocycles. The number of aryl methyl sites for hydroxylation is 1. The number of aromatic nitrogens is 6. The van der Waals surface area contributed by atoms with Crippen molar-refractivity contribution in [3.05, 3.63) is 80.9 Å². The topological polar surface area (TPSA) is 177 Å². The lowest BCUT2D eigenvalue weighted by Crippen LogP contribution is -2.18. The van der Waals surface area contributed by atoms with E-state index in [4.69, 9.17) is 16.3 Å². The molecule has 14 nitrogen and oxygen atoms in total. The Hall–Kier alpha value is -4.50. The quantitative estimate of drug-likeness (QED) is 0.107. The molecule has 0 bridgehead atoms. The Morgan fingerprint density at radius 2 is 1.81 bits per heavy atom. The van der Waals surface area contributed by atoms with Crippen molar-refractivity contribution in [3.63, 3.8) is 0 Å². The Kier molecular flexibility index (Phi) is 11.0. The first kappa shape index (κ1) is 31.4. The van der Waals surface area contributed by atoms with Crippen molar-refractivity contribution in [2.24, 2.45) is 0 Å². The van der Waals surface area contributed by atoms with Gasteiger partial charge in [0, 0.05) is 30.0 Å². The van der Waals surface area contributed by atoms with Crippen molar-refractivity contribution in [1.82, 2.24) is 29.8 Å². The maximum atomic E-state index is 12.4. The minimum absolute atomic E-state index is 0.0206. The van der Waals surface area contributed by atoms with Crippen LogP contribution in [0, 0.1) is 10.1 Å². The van der Waals surface area contributed by atoms with Gasteiger partial charge in [-0.15, -0.1) is 20.3 Å². The van der Waals surface area contributed by atoms with Crippen LogP contribution in [0.25, 0.3) is 22.5 Å². The minimum atomic E-state index is -1.13. The number of hydrogen-bond acceptors (Lipinski definition) is 11. The lowest BCUT2D eigenvalue weighted by Gasteiger charge is -2.12. The minimum Gasteiger partial charge on any atom is -0.476 e. The second-order valence-electron chi connectivity index (χ2n) is 9.09. The molecule has 1 N–H and O–H groups in total. The van der Waals surface area contributed by atoms with Crippen molar-refractivity contribution >= 4 is 35.4 Å². The zero-order chi connectivity index (χ0) is 30.8. The molecule has 0 saturated carbocycles. The smallest absolute Gasteiger partial charge is 0.453 e. The van der Waals surface area contributed by atoms with E-state index in [-0.39, 0.29) is 29.9 Å². The van der Waals surface area contributed by atoms with Gasteiger partial charge in [0.15, 0.2) is 10.8 Å². The molecule has 226 valence electrons. The van der Waals surface area contributed by atoms with Crippen LogP contribution in [0.2, 0.25) is 5.15 Å². The lowest BCUT2D eigenvalue weighted by molar-refractivity contribution is -0.756. The standard InChI is InChI=1S/C27H28ClN7O7S/c1-2-3-8-22-29-24(28)23(26(36)37)33(22)17-18-9-11-19(12-10-18)20-6-4-5-7-21(20)25-30-32-34(31-25)27(38)41-13-15-43-16-14-42-35(39)40/h4-7,9-12H,2-3,8,13-17H2,1H3,(H,36,37). The van der Waals surface area contributed by atoms with Gasteiger partial charge in [0.05, 0.1) is 0 Å². The molecule has 0 radical (unpaired) electrons. The molecule has 0 unspecified atom stereocenters. The van der Waals surface area contributed by atoms with E-state index in [0.717, 1.165) is 34.3 Å². The van der Waals surface area contributed by atoms with Gasteiger partial charge in [-0.1, -0.05) is 78.3 Å². The van der Waals surface area contributed by atoms with E-state index in [0.29, 0.717) is 35.9 Å². The van der Waals surface area contributed by atoms with Crippen molar-refractivity contribution in [2.75, 3.05) is 24.7 Å². The van der Waals surface area contributed by atoms with Crippen LogP contribution in [0.1, 0.15) is 41.6 Å². The van der Waals surface area contributed by atoms with Crippen LogP contribution in [0.4, 0.5) is 4.79 Å². The Bertz CT molecular complexity index is 1580. The van der Waals surface area contributed by atoms with Gasteiger partial charge in [-0.3, -0.25) is 0 Å². The van der Waals surface area contributed by atoms with Gasteiger partial charge in [-0.05, 0) is 28.3 Å². The molecular formula is C27H28ClN7O7S. The number of thioether (sulfide) groups is 1. The zero-order valence-corrected chi connectivity index (χ0v) is 24.7. The summed E-state index contributed by atoms with van der Waals surface area (Å²) in [5, 5.41) is 31.0. The fourth-order valence-corrected chi connectivity index (χ4v) is 5.06.